The maximum atomic E-state index is 11.9. The highest BCUT2D eigenvalue weighted by atomic mass is 32.2. The zero-order valence-corrected chi connectivity index (χ0v) is 9.57. The van der Waals surface area contributed by atoms with E-state index in [1.54, 1.807) is 19.1 Å². The molecule has 0 spiro atoms. The minimum absolute atomic E-state index is 0.00894. The van der Waals surface area contributed by atoms with Crippen molar-refractivity contribution < 1.29 is 18.3 Å². The Morgan fingerprint density at radius 2 is 2.12 bits per heavy atom. The summed E-state index contributed by atoms with van der Waals surface area (Å²) in [4.78, 5) is 10.8. The molecule has 5 nitrogen and oxygen atoms in total. The maximum Gasteiger partial charge on any atom is 0.323 e. The van der Waals surface area contributed by atoms with Crippen molar-refractivity contribution in [3.63, 3.8) is 0 Å². The first-order valence-electron chi connectivity index (χ1n) is 4.63. The van der Waals surface area contributed by atoms with Crippen LogP contribution in [0.1, 0.15) is 5.56 Å². The van der Waals surface area contributed by atoms with Crippen LogP contribution in [-0.4, -0.2) is 31.3 Å². The monoisotopic (exact) mass is 243 g/mol. The average Bonchev–Trinajstić information content (AvgIpc) is 2.17. The third-order valence-corrected chi connectivity index (χ3v) is 4.24. The third-order valence-electron chi connectivity index (χ3n) is 2.18. The Morgan fingerprint density at radius 3 is 2.56 bits per heavy atom. The van der Waals surface area contributed by atoms with E-state index in [-0.39, 0.29) is 4.90 Å². The molecule has 0 heterocycles. The van der Waals surface area contributed by atoms with Gasteiger partial charge in [-0.2, -0.15) is 0 Å². The van der Waals surface area contributed by atoms with E-state index in [0.717, 1.165) is 5.56 Å². The summed E-state index contributed by atoms with van der Waals surface area (Å²) in [6, 6.07) is 6.10. The number of sulfone groups is 1. The first kappa shape index (κ1) is 12.7. The Balaban J connectivity index is 3.25. The molecule has 16 heavy (non-hydrogen) atoms. The van der Waals surface area contributed by atoms with Crippen LogP contribution in [0.25, 0.3) is 0 Å². The van der Waals surface area contributed by atoms with Gasteiger partial charge < -0.3 is 10.8 Å². The molecule has 0 aromatic heterocycles. The lowest BCUT2D eigenvalue weighted by molar-refractivity contribution is -0.136. The molecule has 0 aliphatic carbocycles. The molecular weight excluding hydrogens is 230 g/mol. The van der Waals surface area contributed by atoms with E-state index in [4.69, 9.17) is 10.8 Å². The SMILES string of the molecule is Cc1cccc(S(=O)(=O)C(CN)C(=O)O)c1. The minimum Gasteiger partial charge on any atom is -0.480 e. The lowest BCUT2D eigenvalue weighted by atomic mass is 10.2. The van der Waals surface area contributed by atoms with Crippen LogP contribution in [0.3, 0.4) is 0 Å². The van der Waals surface area contributed by atoms with Crippen molar-refractivity contribution in [2.45, 2.75) is 17.1 Å². The number of carboxylic acids is 1. The van der Waals surface area contributed by atoms with Gasteiger partial charge in [0.05, 0.1) is 4.90 Å². The molecule has 6 heteroatoms. The minimum atomic E-state index is -3.90. The Hall–Kier alpha value is -1.40. The Kier molecular flexibility index (Phi) is 3.66. The van der Waals surface area contributed by atoms with Crippen molar-refractivity contribution >= 4 is 15.8 Å². The molecule has 0 bridgehead atoms. The van der Waals surface area contributed by atoms with Crippen LogP contribution >= 0.6 is 0 Å². The van der Waals surface area contributed by atoms with E-state index in [9.17, 15) is 13.2 Å². The summed E-state index contributed by atoms with van der Waals surface area (Å²) in [7, 11) is -3.90. The summed E-state index contributed by atoms with van der Waals surface area (Å²) in [5.41, 5.74) is 5.93. The molecule has 1 atom stereocenters. The van der Waals surface area contributed by atoms with Gasteiger partial charge in [-0.3, -0.25) is 4.79 Å². The quantitative estimate of drug-likeness (QED) is 0.786. The maximum absolute atomic E-state index is 11.9. The number of aryl methyl sites for hydroxylation is 1. The first-order valence-corrected chi connectivity index (χ1v) is 6.17. The molecule has 88 valence electrons. The van der Waals surface area contributed by atoms with Crippen molar-refractivity contribution in [2.75, 3.05) is 6.54 Å². The van der Waals surface area contributed by atoms with Gasteiger partial charge in [0, 0.05) is 6.54 Å². The largest absolute Gasteiger partial charge is 0.480 e. The van der Waals surface area contributed by atoms with Crippen LogP contribution in [0, 0.1) is 6.92 Å². The van der Waals surface area contributed by atoms with Gasteiger partial charge in [0.15, 0.2) is 15.1 Å². The Morgan fingerprint density at radius 1 is 1.50 bits per heavy atom. The van der Waals surface area contributed by atoms with Crippen molar-refractivity contribution in [2.24, 2.45) is 5.73 Å². The van der Waals surface area contributed by atoms with Gasteiger partial charge in [-0.05, 0) is 24.6 Å². The average molecular weight is 243 g/mol. The molecule has 1 aromatic carbocycles. The summed E-state index contributed by atoms with van der Waals surface area (Å²) >= 11 is 0. The summed E-state index contributed by atoms with van der Waals surface area (Å²) < 4.78 is 23.8. The van der Waals surface area contributed by atoms with Crippen LogP contribution < -0.4 is 5.73 Å². The Labute approximate surface area is 93.8 Å². The fraction of sp³-hybridized carbons (Fsp3) is 0.300. The summed E-state index contributed by atoms with van der Waals surface area (Å²) in [5, 5.41) is 7.19. The zero-order valence-electron chi connectivity index (χ0n) is 8.75. The molecule has 0 fully saturated rings. The van der Waals surface area contributed by atoms with Crippen molar-refractivity contribution in [3.05, 3.63) is 29.8 Å². The number of rotatable bonds is 4. The number of hydrogen-bond donors (Lipinski definition) is 2. The summed E-state index contributed by atoms with van der Waals surface area (Å²) in [5.74, 6) is -1.43. The van der Waals surface area contributed by atoms with E-state index < -0.39 is 27.6 Å². The van der Waals surface area contributed by atoms with Crippen LogP contribution in [0.5, 0.6) is 0 Å². The fourth-order valence-electron chi connectivity index (χ4n) is 1.32. The number of nitrogens with two attached hydrogens (primary N) is 1. The topological polar surface area (TPSA) is 97.5 Å². The van der Waals surface area contributed by atoms with Gasteiger partial charge >= 0.3 is 5.97 Å². The van der Waals surface area contributed by atoms with Crippen LogP contribution in [0.2, 0.25) is 0 Å². The highest BCUT2D eigenvalue weighted by Gasteiger charge is 2.32. The highest BCUT2D eigenvalue weighted by Crippen LogP contribution is 2.17. The lowest BCUT2D eigenvalue weighted by Gasteiger charge is -2.11. The smallest absolute Gasteiger partial charge is 0.323 e. The summed E-state index contributed by atoms with van der Waals surface area (Å²) in [6.45, 7) is 1.29. The van der Waals surface area contributed by atoms with E-state index in [1.807, 2.05) is 0 Å². The van der Waals surface area contributed by atoms with E-state index in [1.165, 1.54) is 12.1 Å². The Bertz CT molecular complexity index is 495. The molecule has 0 aliphatic heterocycles. The van der Waals surface area contributed by atoms with Gasteiger partial charge in [-0.15, -0.1) is 0 Å². The molecule has 0 aliphatic rings. The molecule has 3 N–H and O–H groups in total. The molecule has 0 saturated carbocycles. The number of carbonyl (C=O) groups is 1. The number of benzene rings is 1. The molecule has 1 rings (SSSR count). The molecule has 0 radical (unpaired) electrons. The van der Waals surface area contributed by atoms with Crippen LogP contribution in [0.15, 0.2) is 29.2 Å². The van der Waals surface area contributed by atoms with Crippen molar-refractivity contribution in [1.82, 2.24) is 0 Å². The van der Waals surface area contributed by atoms with Gasteiger partial charge in [-0.1, -0.05) is 12.1 Å². The molecule has 1 aromatic rings. The zero-order chi connectivity index (χ0) is 12.3. The van der Waals surface area contributed by atoms with E-state index in [0.29, 0.717) is 0 Å². The molecule has 1 unspecified atom stereocenters. The van der Waals surface area contributed by atoms with Crippen molar-refractivity contribution in [1.29, 1.82) is 0 Å². The molecule has 0 amide bonds. The second-order valence-corrected chi connectivity index (χ2v) is 5.55. The van der Waals surface area contributed by atoms with Gasteiger partial charge in [-0.25, -0.2) is 8.42 Å². The number of hydrogen-bond acceptors (Lipinski definition) is 4. The fourth-order valence-corrected chi connectivity index (χ4v) is 2.78. The van der Waals surface area contributed by atoms with Crippen molar-refractivity contribution in [3.8, 4) is 0 Å². The molecule has 0 saturated heterocycles. The van der Waals surface area contributed by atoms with Crippen LogP contribution in [0.4, 0.5) is 0 Å². The highest BCUT2D eigenvalue weighted by molar-refractivity contribution is 7.92. The van der Waals surface area contributed by atoms with Crippen LogP contribution in [-0.2, 0) is 14.6 Å². The molecular formula is C10H13NO4S. The second-order valence-electron chi connectivity index (χ2n) is 3.42. The van der Waals surface area contributed by atoms with E-state index >= 15 is 0 Å². The lowest BCUT2D eigenvalue weighted by Crippen LogP contribution is -2.37. The predicted molar refractivity (Wildman–Crippen MR) is 58.8 cm³/mol. The number of carboxylic acid groups (broad SMARTS) is 1. The van der Waals surface area contributed by atoms with Gasteiger partial charge in [0.25, 0.3) is 0 Å². The second kappa shape index (κ2) is 4.63. The normalized spacial score (nSPS) is 13.4. The van der Waals surface area contributed by atoms with Gasteiger partial charge in [0.1, 0.15) is 0 Å². The van der Waals surface area contributed by atoms with Gasteiger partial charge in [0.2, 0.25) is 0 Å². The predicted octanol–water partition coefficient (Wildman–Crippen LogP) is 0.181. The first-order chi connectivity index (χ1) is 7.39. The number of aliphatic carboxylic acids is 1. The summed E-state index contributed by atoms with van der Waals surface area (Å²) in [6.07, 6.45) is 0. The standard InChI is InChI=1S/C10H13NO4S/c1-7-3-2-4-8(5-7)16(14,15)9(6-11)10(12)13/h2-5,9H,6,11H2,1H3,(H,12,13). The van der Waals surface area contributed by atoms with E-state index in [2.05, 4.69) is 0 Å². The third kappa shape index (κ3) is 2.40.